The third-order valence-corrected chi connectivity index (χ3v) is 6.14. The Morgan fingerprint density at radius 1 is 0.727 bits per heavy atom. The molecule has 2 nitrogen and oxygen atoms in total. The van der Waals surface area contributed by atoms with Gasteiger partial charge < -0.3 is 9.47 Å². The van der Waals surface area contributed by atoms with Gasteiger partial charge in [-0.2, -0.15) is 0 Å². The SMILES string of the molecule is COc1ccc(C2=C/C(=C\c3ccc(Cl)cc3)C(c3ccccc3)(c3ccccc3)O2)cc1. The first-order valence-electron chi connectivity index (χ1n) is 10.8. The second kappa shape index (κ2) is 9.01. The van der Waals surface area contributed by atoms with Crippen LogP contribution in [0, 0.1) is 0 Å². The number of methoxy groups -OCH3 is 1. The average molecular weight is 451 g/mol. The van der Waals surface area contributed by atoms with Crippen molar-refractivity contribution >= 4 is 23.4 Å². The molecular weight excluding hydrogens is 428 g/mol. The highest BCUT2D eigenvalue weighted by Gasteiger charge is 2.44. The molecule has 3 heteroatoms. The highest BCUT2D eigenvalue weighted by Crippen LogP contribution is 2.50. The first-order valence-corrected chi connectivity index (χ1v) is 11.2. The summed E-state index contributed by atoms with van der Waals surface area (Å²) in [5, 5.41) is 0.715. The van der Waals surface area contributed by atoms with Crippen LogP contribution >= 0.6 is 11.6 Å². The van der Waals surface area contributed by atoms with Gasteiger partial charge in [-0.05, 0) is 54.1 Å². The molecule has 0 saturated heterocycles. The zero-order valence-corrected chi connectivity index (χ0v) is 19.0. The molecular formula is C30H23ClO2. The zero-order chi connectivity index (χ0) is 22.7. The Labute approximate surface area is 199 Å². The van der Waals surface area contributed by atoms with Crippen LogP contribution < -0.4 is 4.74 Å². The second-order valence-electron chi connectivity index (χ2n) is 7.90. The smallest absolute Gasteiger partial charge is 0.184 e. The van der Waals surface area contributed by atoms with Gasteiger partial charge in [-0.25, -0.2) is 0 Å². The van der Waals surface area contributed by atoms with E-state index in [0.29, 0.717) is 5.02 Å². The molecule has 0 saturated carbocycles. The fraction of sp³-hybridized carbons (Fsp3) is 0.0667. The van der Waals surface area contributed by atoms with E-state index < -0.39 is 5.60 Å². The van der Waals surface area contributed by atoms with Crippen LogP contribution in [0.15, 0.2) is 121 Å². The van der Waals surface area contributed by atoms with Gasteiger partial charge >= 0.3 is 0 Å². The highest BCUT2D eigenvalue weighted by molar-refractivity contribution is 6.30. The summed E-state index contributed by atoms with van der Waals surface area (Å²) in [5.74, 6) is 1.62. The molecule has 0 amide bonds. The van der Waals surface area contributed by atoms with Crippen LogP contribution in [0.5, 0.6) is 5.75 Å². The van der Waals surface area contributed by atoms with Crippen molar-refractivity contribution in [2.75, 3.05) is 7.11 Å². The fourth-order valence-corrected chi connectivity index (χ4v) is 4.37. The standard InChI is InChI=1S/C30H23ClO2/c1-32-28-18-14-23(15-19-28)29-21-26(20-22-12-16-27(31)17-13-22)30(33-29,24-8-4-2-5-9-24)25-10-6-3-7-11-25/h2-21H,1H3/b26-20+. The van der Waals surface area contributed by atoms with Crippen LogP contribution in [0.2, 0.25) is 5.02 Å². The number of rotatable bonds is 5. The van der Waals surface area contributed by atoms with Crippen molar-refractivity contribution in [3.63, 3.8) is 0 Å². The van der Waals surface area contributed by atoms with Crippen molar-refractivity contribution in [2.45, 2.75) is 5.60 Å². The van der Waals surface area contributed by atoms with Crippen molar-refractivity contribution in [3.05, 3.63) is 148 Å². The van der Waals surface area contributed by atoms with Crippen molar-refractivity contribution in [2.24, 2.45) is 0 Å². The van der Waals surface area contributed by atoms with E-state index in [0.717, 1.165) is 39.3 Å². The Morgan fingerprint density at radius 3 is 1.85 bits per heavy atom. The Bertz CT molecular complexity index is 1250. The van der Waals surface area contributed by atoms with Gasteiger partial charge in [0.1, 0.15) is 11.5 Å². The summed E-state index contributed by atoms with van der Waals surface area (Å²) in [4.78, 5) is 0. The Hall–Kier alpha value is -3.75. The lowest BCUT2D eigenvalue weighted by molar-refractivity contribution is 0.135. The van der Waals surface area contributed by atoms with Gasteiger partial charge in [0.05, 0.1) is 7.11 Å². The molecule has 0 radical (unpaired) electrons. The van der Waals surface area contributed by atoms with E-state index in [4.69, 9.17) is 21.1 Å². The first-order chi connectivity index (χ1) is 16.2. The monoisotopic (exact) mass is 450 g/mol. The number of halogens is 1. The maximum atomic E-state index is 6.92. The quantitative estimate of drug-likeness (QED) is 0.309. The number of ether oxygens (including phenoxy) is 2. The van der Waals surface area contributed by atoms with Gasteiger partial charge in [-0.15, -0.1) is 0 Å². The van der Waals surface area contributed by atoms with Gasteiger partial charge in [0.15, 0.2) is 5.60 Å². The van der Waals surface area contributed by atoms with Crippen molar-refractivity contribution in [3.8, 4) is 5.75 Å². The summed E-state index contributed by atoms with van der Waals surface area (Å²) < 4.78 is 12.3. The largest absolute Gasteiger partial charge is 0.497 e. The maximum Gasteiger partial charge on any atom is 0.184 e. The van der Waals surface area contributed by atoms with Gasteiger partial charge in [0.25, 0.3) is 0 Å². The Morgan fingerprint density at radius 2 is 1.30 bits per heavy atom. The minimum atomic E-state index is -0.780. The third kappa shape index (κ3) is 4.06. The van der Waals surface area contributed by atoms with Crippen LogP contribution in [-0.2, 0) is 10.3 Å². The van der Waals surface area contributed by atoms with Crippen LogP contribution in [0.25, 0.3) is 11.8 Å². The molecule has 0 aliphatic carbocycles. The lowest BCUT2D eigenvalue weighted by atomic mass is 9.80. The molecule has 0 N–H and O–H groups in total. The molecule has 5 rings (SSSR count). The van der Waals surface area contributed by atoms with Gasteiger partial charge in [0.2, 0.25) is 0 Å². The molecule has 162 valence electrons. The fourth-order valence-electron chi connectivity index (χ4n) is 4.24. The molecule has 0 aromatic heterocycles. The van der Waals surface area contributed by atoms with Crippen LogP contribution in [-0.4, -0.2) is 7.11 Å². The minimum Gasteiger partial charge on any atom is -0.497 e. The Balaban J connectivity index is 1.72. The van der Waals surface area contributed by atoms with Gasteiger partial charge in [-0.1, -0.05) is 84.4 Å². The maximum absolute atomic E-state index is 6.92. The molecule has 1 heterocycles. The van der Waals surface area contributed by atoms with E-state index in [2.05, 4.69) is 60.7 Å². The van der Waals surface area contributed by atoms with E-state index in [1.54, 1.807) is 7.11 Å². The van der Waals surface area contributed by atoms with E-state index in [1.807, 2.05) is 60.7 Å². The van der Waals surface area contributed by atoms with E-state index in [1.165, 1.54) is 0 Å². The number of benzene rings is 4. The van der Waals surface area contributed by atoms with Crippen LogP contribution in [0.3, 0.4) is 0 Å². The molecule has 33 heavy (non-hydrogen) atoms. The normalized spacial score (nSPS) is 15.7. The molecule has 1 aliphatic rings. The molecule has 0 unspecified atom stereocenters. The summed E-state index contributed by atoms with van der Waals surface area (Å²) in [6, 6.07) is 36.5. The summed E-state index contributed by atoms with van der Waals surface area (Å²) in [6.07, 6.45) is 4.31. The zero-order valence-electron chi connectivity index (χ0n) is 18.2. The Kier molecular flexibility index (Phi) is 5.77. The molecule has 4 aromatic carbocycles. The van der Waals surface area contributed by atoms with E-state index in [-0.39, 0.29) is 0 Å². The summed E-state index contributed by atoms with van der Waals surface area (Å²) in [5.41, 5.74) is 4.45. The van der Waals surface area contributed by atoms with Gasteiger partial charge in [-0.3, -0.25) is 0 Å². The van der Waals surface area contributed by atoms with Gasteiger partial charge in [0, 0.05) is 27.3 Å². The van der Waals surface area contributed by atoms with E-state index in [9.17, 15) is 0 Å². The van der Waals surface area contributed by atoms with E-state index >= 15 is 0 Å². The molecule has 4 aromatic rings. The van der Waals surface area contributed by atoms with Crippen LogP contribution in [0.1, 0.15) is 22.3 Å². The summed E-state index contributed by atoms with van der Waals surface area (Å²) in [7, 11) is 1.67. The van der Waals surface area contributed by atoms with Crippen LogP contribution in [0.4, 0.5) is 0 Å². The van der Waals surface area contributed by atoms with Crippen molar-refractivity contribution in [1.82, 2.24) is 0 Å². The molecule has 0 spiro atoms. The number of hydrogen-bond acceptors (Lipinski definition) is 2. The predicted octanol–water partition coefficient (Wildman–Crippen LogP) is 7.75. The summed E-state index contributed by atoms with van der Waals surface area (Å²) >= 11 is 6.14. The molecule has 0 fully saturated rings. The third-order valence-electron chi connectivity index (χ3n) is 5.88. The molecule has 1 aliphatic heterocycles. The lowest BCUT2D eigenvalue weighted by Gasteiger charge is -2.33. The highest BCUT2D eigenvalue weighted by atomic mass is 35.5. The second-order valence-corrected chi connectivity index (χ2v) is 8.34. The first kappa shape index (κ1) is 21.1. The summed E-state index contributed by atoms with van der Waals surface area (Å²) in [6.45, 7) is 0. The van der Waals surface area contributed by atoms with Crippen molar-refractivity contribution < 1.29 is 9.47 Å². The number of hydrogen-bond donors (Lipinski definition) is 0. The topological polar surface area (TPSA) is 18.5 Å². The minimum absolute atomic E-state index is 0.715. The predicted molar refractivity (Wildman–Crippen MR) is 135 cm³/mol. The molecule has 0 bridgehead atoms. The van der Waals surface area contributed by atoms with Crippen molar-refractivity contribution in [1.29, 1.82) is 0 Å². The molecule has 0 atom stereocenters. The average Bonchev–Trinajstić information content (AvgIpc) is 3.26. The lowest BCUT2D eigenvalue weighted by Crippen LogP contribution is -2.29.